The van der Waals surface area contributed by atoms with Crippen molar-refractivity contribution in [1.82, 2.24) is 10.3 Å². The quantitative estimate of drug-likeness (QED) is 0.770. The minimum atomic E-state index is -0.420. The lowest BCUT2D eigenvalue weighted by molar-refractivity contribution is 0.0954. The second kappa shape index (κ2) is 7.02. The minimum Gasteiger partial charge on any atom is -0.454 e. The zero-order valence-corrected chi connectivity index (χ0v) is 12.8. The molecule has 0 spiro atoms. The van der Waals surface area contributed by atoms with Gasteiger partial charge in [-0.25, -0.2) is 4.39 Å². The molecule has 0 aliphatic heterocycles. The number of carbonyl (C=O) groups excluding carboxylic acids is 1. The number of hydrogen-bond donors (Lipinski definition) is 1. The first-order valence-corrected chi connectivity index (χ1v) is 7.78. The maximum Gasteiger partial charge on any atom is 0.263 e. The van der Waals surface area contributed by atoms with Gasteiger partial charge in [-0.2, -0.15) is 0 Å². The average molecular weight is 328 g/mol. The van der Waals surface area contributed by atoms with Gasteiger partial charge in [-0.15, -0.1) is 11.3 Å². The zero-order chi connectivity index (χ0) is 16.1. The lowest BCUT2D eigenvalue weighted by Gasteiger charge is -2.09. The summed E-state index contributed by atoms with van der Waals surface area (Å²) in [7, 11) is 0. The van der Waals surface area contributed by atoms with E-state index in [9.17, 15) is 9.18 Å². The van der Waals surface area contributed by atoms with E-state index in [1.165, 1.54) is 23.6 Å². The Balaban J connectivity index is 1.66. The van der Waals surface area contributed by atoms with Crippen LogP contribution in [0.3, 0.4) is 0 Å². The van der Waals surface area contributed by atoms with Gasteiger partial charge in [0.05, 0.1) is 11.7 Å². The fraction of sp³-hybridized carbons (Fsp3) is 0.0588. The van der Waals surface area contributed by atoms with Crippen LogP contribution in [0.2, 0.25) is 0 Å². The van der Waals surface area contributed by atoms with Crippen molar-refractivity contribution in [3.63, 3.8) is 0 Å². The van der Waals surface area contributed by atoms with Crippen LogP contribution < -0.4 is 10.1 Å². The van der Waals surface area contributed by atoms with Crippen LogP contribution in [0.5, 0.6) is 11.5 Å². The summed E-state index contributed by atoms with van der Waals surface area (Å²) in [4.78, 5) is 16.3. The van der Waals surface area contributed by atoms with Crippen LogP contribution in [0.1, 0.15) is 15.2 Å². The molecule has 0 saturated heterocycles. The number of para-hydroxylation sites is 1. The van der Waals surface area contributed by atoms with Crippen LogP contribution in [0.4, 0.5) is 4.39 Å². The number of hydrogen-bond acceptors (Lipinski definition) is 4. The second-order valence-corrected chi connectivity index (χ2v) is 5.61. The lowest BCUT2D eigenvalue weighted by Crippen LogP contribution is -2.21. The van der Waals surface area contributed by atoms with Gasteiger partial charge >= 0.3 is 0 Å². The molecule has 0 bridgehead atoms. The summed E-state index contributed by atoms with van der Waals surface area (Å²) in [6.45, 7) is 0.352. The van der Waals surface area contributed by atoms with E-state index in [0.717, 1.165) is 5.56 Å². The van der Waals surface area contributed by atoms with E-state index in [0.29, 0.717) is 17.2 Å². The number of carbonyl (C=O) groups is 1. The van der Waals surface area contributed by atoms with Crippen molar-refractivity contribution >= 4 is 17.2 Å². The van der Waals surface area contributed by atoms with Gasteiger partial charge in [0, 0.05) is 6.54 Å². The SMILES string of the molecule is O=C(NCc1cccc(Oc2ccccc2F)c1)c1cncs1. The van der Waals surface area contributed by atoms with Gasteiger partial charge in [0.2, 0.25) is 0 Å². The summed E-state index contributed by atoms with van der Waals surface area (Å²) in [6.07, 6.45) is 1.53. The molecule has 0 aliphatic rings. The largest absolute Gasteiger partial charge is 0.454 e. The van der Waals surface area contributed by atoms with Gasteiger partial charge in [-0.1, -0.05) is 24.3 Å². The topological polar surface area (TPSA) is 51.2 Å². The Labute approximate surface area is 136 Å². The molecule has 1 aromatic heterocycles. The Kier molecular flexibility index (Phi) is 4.63. The number of amides is 1. The normalized spacial score (nSPS) is 10.3. The molecule has 0 radical (unpaired) electrons. The fourth-order valence-corrected chi connectivity index (χ4v) is 2.51. The number of halogens is 1. The molecule has 4 nitrogen and oxygen atoms in total. The van der Waals surface area contributed by atoms with E-state index in [-0.39, 0.29) is 11.7 Å². The molecular weight excluding hydrogens is 315 g/mol. The van der Waals surface area contributed by atoms with Gasteiger partial charge in [-0.05, 0) is 29.8 Å². The fourth-order valence-electron chi connectivity index (χ4n) is 1.97. The number of aromatic nitrogens is 1. The van der Waals surface area contributed by atoms with Crippen molar-refractivity contribution in [3.05, 3.63) is 76.5 Å². The smallest absolute Gasteiger partial charge is 0.263 e. The third-order valence-corrected chi connectivity index (χ3v) is 3.84. The molecule has 23 heavy (non-hydrogen) atoms. The van der Waals surface area contributed by atoms with Crippen LogP contribution >= 0.6 is 11.3 Å². The first kappa shape index (κ1) is 15.2. The third kappa shape index (κ3) is 3.92. The number of ether oxygens (including phenoxy) is 1. The number of rotatable bonds is 5. The summed E-state index contributed by atoms with van der Waals surface area (Å²) in [5.41, 5.74) is 2.47. The molecule has 0 unspecified atom stereocenters. The highest BCUT2D eigenvalue weighted by atomic mass is 32.1. The Morgan fingerprint density at radius 1 is 1.22 bits per heavy atom. The van der Waals surface area contributed by atoms with E-state index in [4.69, 9.17) is 4.74 Å². The molecule has 3 rings (SSSR count). The molecule has 0 atom stereocenters. The van der Waals surface area contributed by atoms with Crippen molar-refractivity contribution in [2.45, 2.75) is 6.54 Å². The Bertz CT molecular complexity index is 806. The van der Waals surface area contributed by atoms with Crippen molar-refractivity contribution in [2.75, 3.05) is 0 Å². The average Bonchev–Trinajstić information content (AvgIpc) is 3.10. The maximum absolute atomic E-state index is 13.6. The molecule has 6 heteroatoms. The second-order valence-electron chi connectivity index (χ2n) is 4.73. The summed E-state index contributed by atoms with van der Waals surface area (Å²) < 4.78 is 19.1. The zero-order valence-electron chi connectivity index (χ0n) is 12.0. The van der Waals surface area contributed by atoms with Crippen molar-refractivity contribution in [1.29, 1.82) is 0 Å². The van der Waals surface area contributed by atoms with E-state index in [2.05, 4.69) is 10.3 Å². The van der Waals surface area contributed by atoms with Crippen LogP contribution in [0.25, 0.3) is 0 Å². The Hall–Kier alpha value is -2.73. The molecule has 1 heterocycles. The first-order chi connectivity index (χ1) is 11.2. The summed E-state index contributed by atoms with van der Waals surface area (Å²) in [5.74, 6) is 0.0855. The predicted molar refractivity (Wildman–Crippen MR) is 86.2 cm³/mol. The van der Waals surface area contributed by atoms with Crippen molar-refractivity contribution < 1.29 is 13.9 Å². The lowest BCUT2D eigenvalue weighted by atomic mass is 10.2. The molecule has 0 saturated carbocycles. The molecular formula is C17H13FN2O2S. The summed E-state index contributed by atoms with van der Waals surface area (Å²) in [5, 5.41) is 2.81. The monoisotopic (exact) mass is 328 g/mol. The van der Waals surface area contributed by atoms with E-state index in [1.54, 1.807) is 41.9 Å². The van der Waals surface area contributed by atoms with Gasteiger partial charge < -0.3 is 10.1 Å². The van der Waals surface area contributed by atoms with E-state index < -0.39 is 5.82 Å². The van der Waals surface area contributed by atoms with Crippen molar-refractivity contribution in [2.24, 2.45) is 0 Å². The Morgan fingerprint density at radius 3 is 2.87 bits per heavy atom. The standard InChI is InChI=1S/C17H13FN2O2S/c18-14-6-1-2-7-15(14)22-13-5-3-4-12(8-13)9-20-17(21)16-10-19-11-23-16/h1-8,10-11H,9H2,(H,20,21). The molecule has 1 amide bonds. The minimum absolute atomic E-state index is 0.165. The highest BCUT2D eigenvalue weighted by Crippen LogP contribution is 2.24. The molecule has 116 valence electrons. The highest BCUT2D eigenvalue weighted by Gasteiger charge is 2.08. The molecule has 3 aromatic rings. The number of nitrogens with one attached hydrogen (secondary N) is 1. The van der Waals surface area contributed by atoms with Crippen LogP contribution in [-0.4, -0.2) is 10.9 Å². The van der Waals surface area contributed by atoms with E-state index >= 15 is 0 Å². The van der Waals surface area contributed by atoms with Gasteiger partial charge in [0.15, 0.2) is 11.6 Å². The highest BCUT2D eigenvalue weighted by molar-refractivity contribution is 7.11. The number of nitrogens with zero attached hydrogens (tertiary/aromatic N) is 1. The van der Waals surface area contributed by atoms with E-state index in [1.807, 2.05) is 6.07 Å². The van der Waals surface area contributed by atoms with Gasteiger partial charge in [0.25, 0.3) is 5.91 Å². The molecule has 1 N–H and O–H groups in total. The van der Waals surface area contributed by atoms with Gasteiger partial charge in [-0.3, -0.25) is 9.78 Å². The molecule has 2 aromatic carbocycles. The van der Waals surface area contributed by atoms with Crippen molar-refractivity contribution in [3.8, 4) is 11.5 Å². The maximum atomic E-state index is 13.6. The Morgan fingerprint density at radius 2 is 2.09 bits per heavy atom. The molecule has 0 fully saturated rings. The number of thiazole rings is 1. The number of benzene rings is 2. The van der Waals surface area contributed by atoms with Gasteiger partial charge in [0.1, 0.15) is 10.6 Å². The summed E-state index contributed by atoms with van der Waals surface area (Å²) >= 11 is 1.28. The molecule has 0 aliphatic carbocycles. The predicted octanol–water partition coefficient (Wildman–Crippen LogP) is 4.00. The van der Waals surface area contributed by atoms with Crippen LogP contribution in [-0.2, 0) is 6.54 Å². The van der Waals surface area contributed by atoms with Crippen LogP contribution in [0, 0.1) is 5.82 Å². The first-order valence-electron chi connectivity index (χ1n) is 6.90. The van der Waals surface area contributed by atoms with Crippen LogP contribution in [0.15, 0.2) is 60.2 Å². The summed E-state index contributed by atoms with van der Waals surface area (Å²) in [6, 6.07) is 13.4. The third-order valence-electron chi connectivity index (χ3n) is 3.07.